The molecule has 2 aromatic rings. The number of rotatable bonds is 3. The number of hydrogen-bond acceptors (Lipinski definition) is 3. The van der Waals surface area contributed by atoms with Crippen molar-refractivity contribution in [2.75, 3.05) is 13.1 Å². The molecule has 1 aliphatic heterocycles. The molecule has 6 nitrogen and oxygen atoms in total. The topological polar surface area (TPSA) is 82.3 Å². The van der Waals surface area contributed by atoms with Gasteiger partial charge in [-0.15, -0.1) is 0 Å². The van der Waals surface area contributed by atoms with Gasteiger partial charge in [0.1, 0.15) is 0 Å². The van der Waals surface area contributed by atoms with Crippen LogP contribution in [0.15, 0.2) is 29.1 Å². The van der Waals surface area contributed by atoms with Gasteiger partial charge in [0.2, 0.25) is 11.8 Å². The maximum atomic E-state index is 12.3. The number of benzene rings is 1. The molecule has 0 aliphatic carbocycles. The van der Waals surface area contributed by atoms with Crippen molar-refractivity contribution >= 4 is 22.7 Å². The molecule has 2 N–H and O–H groups in total. The van der Waals surface area contributed by atoms with Crippen LogP contribution in [0.5, 0.6) is 0 Å². The molecule has 0 atom stereocenters. The zero-order valence-electron chi connectivity index (χ0n) is 14.6. The lowest BCUT2D eigenvalue weighted by Gasteiger charge is -2.30. The molecule has 1 aromatic carbocycles. The quantitative estimate of drug-likeness (QED) is 0.892. The summed E-state index contributed by atoms with van der Waals surface area (Å²) < 4.78 is 0. The first kappa shape index (κ1) is 17.2. The average Bonchev–Trinajstić information content (AvgIpc) is 2.60. The van der Waals surface area contributed by atoms with Crippen molar-refractivity contribution in [1.29, 1.82) is 0 Å². The number of fused-ring (bicyclic) bond motifs is 1. The Morgan fingerprint density at radius 2 is 1.96 bits per heavy atom. The highest BCUT2D eigenvalue weighted by atomic mass is 16.2. The Kier molecular flexibility index (Phi) is 4.88. The summed E-state index contributed by atoms with van der Waals surface area (Å²) in [7, 11) is 0. The van der Waals surface area contributed by atoms with Crippen molar-refractivity contribution in [1.82, 2.24) is 15.2 Å². The van der Waals surface area contributed by atoms with Crippen LogP contribution in [-0.2, 0) is 16.1 Å². The van der Waals surface area contributed by atoms with Gasteiger partial charge in [-0.2, -0.15) is 0 Å². The van der Waals surface area contributed by atoms with Crippen LogP contribution < -0.4 is 10.9 Å². The average molecular weight is 341 g/mol. The highest BCUT2D eigenvalue weighted by molar-refractivity contribution is 5.81. The minimum Gasteiger partial charge on any atom is -0.352 e. The maximum Gasteiger partial charge on any atom is 0.251 e. The zero-order chi connectivity index (χ0) is 18.0. The molecule has 3 rings (SSSR count). The van der Waals surface area contributed by atoms with Gasteiger partial charge in [-0.25, -0.2) is 0 Å². The van der Waals surface area contributed by atoms with Gasteiger partial charge in [0.15, 0.2) is 0 Å². The van der Waals surface area contributed by atoms with E-state index in [2.05, 4.69) is 10.3 Å². The number of nitrogens with zero attached hydrogens (tertiary/aromatic N) is 1. The normalized spacial score (nSPS) is 15.4. The SMILES string of the molecule is CC(=O)N1CCC(C(=O)NCc2ccc3[nH]c(=O)c(C)cc3c2)CC1. The van der Waals surface area contributed by atoms with Crippen molar-refractivity contribution in [3.8, 4) is 0 Å². The molecular formula is C19H23N3O3. The third kappa shape index (κ3) is 3.90. The second kappa shape index (κ2) is 7.09. The Bertz CT molecular complexity index is 864. The number of H-pyrrole nitrogens is 1. The summed E-state index contributed by atoms with van der Waals surface area (Å²) in [5.74, 6) is 0.0824. The lowest BCUT2D eigenvalue weighted by molar-refractivity contribution is -0.134. The molecule has 0 unspecified atom stereocenters. The van der Waals surface area contributed by atoms with E-state index in [4.69, 9.17) is 0 Å². The number of carbonyl (C=O) groups excluding carboxylic acids is 2. The van der Waals surface area contributed by atoms with Gasteiger partial charge in [0.25, 0.3) is 5.56 Å². The van der Waals surface area contributed by atoms with Crippen LogP contribution in [0.25, 0.3) is 10.9 Å². The van der Waals surface area contributed by atoms with E-state index in [-0.39, 0.29) is 23.3 Å². The monoisotopic (exact) mass is 341 g/mol. The molecule has 2 amide bonds. The number of carbonyl (C=O) groups is 2. The first-order valence-corrected chi connectivity index (χ1v) is 8.60. The number of amides is 2. The molecule has 1 aromatic heterocycles. The lowest BCUT2D eigenvalue weighted by atomic mass is 9.96. The second-order valence-corrected chi connectivity index (χ2v) is 6.70. The number of hydrogen-bond donors (Lipinski definition) is 2. The van der Waals surface area contributed by atoms with E-state index in [1.807, 2.05) is 24.3 Å². The second-order valence-electron chi connectivity index (χ2n) is 6.70. The van der Waals surface area contributed by atoms with E-state index in [1.165, 1.54) is 0 Å². The molecule has 6 heteroatoms. The fourth-order valence-corrected chi connectivity index (χ4v) is 3.27. The van der Waals surface area contributed by atoms with Gasteiger partial charge in [-0.3, -0.25) is 14.4 Å². The van der Waals surface area contributed by atoms with Crippen molar-refractivity contribution in [3.63, 3.8) is 0 Å². The fraction of sp³-hybridized carbons (Fsp3) is 0.421. The summed E-state index contributed by atoms with van der Waals surface area (Å²) in [6.45, 7) is 5.10. The van der Waals surface area contributed by atoms with E-state index in [0.29, 0.717) is 38.0 Å². The van der Waals surface area contributed by atoms with Crippen LogP contribution in [0.2, 0.25) is 0 Å². The standard InChI is InChI=1S/C19H23N3O3/c1-12-9-16-10-14(3-4-17(16)21-18(12)24)11-20-19(25)15-5-7-22(8-6-15)13(2)23/h3-4,9-10,15H,5-8,11H2,1-2H3,(H,20,25)(H,21,24). The van der Waals surface area contributed by atoms with Gasteiger partial charge >= 0.3 is 0 Å². The third-order valence-corrected chi connectivity index (χ3v) is 4.87. The van der Waals surface area contributed by atoms with Gasteiger partial charge in [0.05, 0.1) is 0 Å². The van der Waals surface area contributed by atoms with E-state index in [1.54, 1.807) is 18.7 Å². The molecule has 1 fully saturated rings. The van der Waals surface area contributed by atoms with Crippen LogP contribution >= 0.6 is 0 Å². The van der Waals surface area contributed by atoms with Crippen LogP contribution in [0.3, 0.4) is 0 Å². The number of nitrogens with one attached hydrogen (secondary N) is 2. The minimum absolute atomic E-state index is 0.0327. The summed E-state index contributed by atoms with van der Waals surface area (Å²) in [6.07, 6.45) is 1.42. The van der Waals surface area contributed by atoms with E-state index in [9.17, 15) is 14.4 Å². The molecule has 0 spiro atoms. The van der Waals surface area contributed by atoms with Crippen LogP contribution in [0.4, 0.5) is 0 Å². The number of aromatic amines is 1. The summed E-state index contributed by atoms with van der Waals surface area (Å²) in [4.78, 5) is 40.0. The minimum atomic E-state index is -0.0783. The predicted octanol–water partition coefficient (Wildman–Crippen LogP) is 1.71. The van der Waals surface area contributed by atoms with Crippen molar-refractivity contribution in [2.45, 2.75) is 33.2 Å². The first-order chi connectivity index (χ1) is 11.9. The van der Waals surface area contributed by atoms with Crippen molar-refractivity contribution in [2.24, 2.45) is 5.92 Å². The fourth-order valence-electron chi connectivity index (χ4n) is 3.27. The Hall–Kier alpha value is -2.63. The first-order valence-electron chi connectivity index (χ1n) is 8.60. The zero-order valence-corrected chi connectivity index (χ0v) is 14.6. The van der Waals surface area contributed by atoms with Gasteiger partial charge in [0, 0.05) is 43.6 Å². The Morgan fingerprint density at radius 3 is 2.64 bits per heavy atom. The molecule has 132 valence electrons. The summed E-state index contributed by atoms with van der Waals surface area (Å²) >= 11 is 0. The molecule has 25 heavy (non-hydrogen) atoms. The summed E-state index contributed by atoms with van der Waals surface area (Å²) in [6, 6.07) is 7.61. The molecule has 1 aliphatic rings. The lowest BCUT2D eigenvalue weighted by Crippen LogP contribution is -2.42. The molecule has 0 radical (unpaired) electrons. The maximum absolute atomic E-state index is 12.3. The summed E-state index contributed by atoms with van der Waals surface area (Å²) in [5.41, 5.74) is 2.38. The van der Waals surface area contributed by atoms with Gasteiger partial charge < -0.3 is 15.2 Å². The molecular weight excluding hydrogens is 318 g/mol. The molecule has 1 saturated heterocycles. The molecule has 2 heterocycles. The highest BCUT2D eigenvalue weighted by Crippen LogP contribution is 2.18. The van der Waals surface area contributed by atoms with E-state index >= 15 is 0 Å². The van der Waals surface area contributed by atoms with Crippen LogP contribution in [-0.4, -0.2) is 34.8 Å². The summed E-state index contributed by atoms with van der Waals surface area (Å²) in [5, 5.41) is 3.95. The molecule has 0 saturated carbocycles. The van der Waals surface area contributed by atoms with Crippen LogP contribution in [0.1, 0.15) is 30.9 Å². The van der Waals surface area contributed by atoms with E-state index in [0.717, 1.165) is 16.5 Å². The Labute approximate surface area is 146 Å². The number of pyridine rings is 1. The van der Waals surface area contributed by atoms with Gasteiger partial charge in [-0.1, -0.05) is 6.07 Å². The third-order valence-electron chi connectivity index (χ3n) is 4.87. The molecule has 0 bridgehead atoms. The van der Waals surface area contributed by atoms with Crippen molar-refractivity contribution < 1.29 is 9.59 Å². The van der Waals surface area contributed by atoms with Gasteiger partial charge in [-0.05, 0) is 48.9 Å². The number of piperidine rings is 1. The highest BCUT2D eigenvalue weighted by Gasteiger charge is 2.25. The van der Waals surface area contributed by atoms with Crippen LogP contribution in [0, 0.1) is 12.8 Å². The smallest absolute Gasteiger partial charge is 0.251 e. The Morgan fingerprint density at radius 1 is 1.24 bits per heavy atom. The predicted molar refractivity (Wildman–Crippen MR) is 96.1 cm³/mol. The Balaban J connectivity index is 1.61. The number of aromatic nitrogens is 1. The largest absolute Gasteiger partial charge is 0.352 e. The number of aryl methyl sites for hydroxylation is 1. The van der Waals surface area contributed by atoms with Crippen molar-refractivity contribution in [3.05, 3.63) is 45.7 Å². The number of likely N-dealkylation sites (tertiary alicyclic amines) is 1. The van der Waals surface area contributed by atoms with E-state index < -0.39 is 0 Å².